The number of nitrogens with zero attached hydrogens (tertiary/aromatic N) is 1. The first-order valence-electron chi connectivity index (χ1n) is 8.52. The van der Waals surface area contributed by atoms with Crippen LogP contribution in [0.3, 0.4) is 0 Å². The zero-order valence-corrected chi connectivity index (χ0v) is 15.7. The fraction of sp³-hybridized carbons (Fsp3) is 0.550. The molecule has 0 spiro atoms. The summed E-state index contributed by atoms with van der Waals surface area (Å²) >= 11 is 0. The first kappa shape index (κ1) is 17.2. The van der Waals surface area contributed by atoms with Gasteiger partial charge in [-0.25, -0.2) is 0 Å². The zero-order valence-electron chi connectivity index (χ0n) is 15.7. The third kappa shape index (κ3) is 1.96. The Kier molecular flexibility index (Phi) is 3.53. The quantitative estimate of drug-likeness (QED) is 0.840. The van der Waals surface area contributed by atoms with Crippen molar-refractivity contribution in [2.45, 2.75) is 65.2 Å². The second-order valence-corrected chi connectivity index (χ2v) is 8.88. The lowest BCUT2D eigenvalue weighted by Crippen LogP contribution is -2.61. The predicted molar refractivity (Wildman–Crippen MR) is 95.8 cm³/mol. The van der Waals surface area contributed by atoms with Gasteiger partial charge in [0.2, 0.25) is 0 Å². The van der Waals surface area contributed by atoms with Crippen LogP contribution >= 0.6 is 0 Å². The molecular weight excluding hydrogens is 300 g/mol. The molecule has 1 aromatic carbocycles. The lowest BCUT2D eigenvalue weighted by Gasteiger charge is -2.44. The highest BCUT2D eigenvalue weighted by molar-refractivity contribution is 5.90. The summed E-state index contributed by atoms with van der Waals surface area (Å²) in [4.78, 5) is 18.6. The molecule has 24 heavy (non-hydrogen) atoms. The van der Waals surface area contributed by atoms with Gasteiger partial charge in [0.1, 0.15) is 5.66 Å². The predicted octanol–water partition coefficient (Wildman–Crippen LogP) is 3.75. The lowest BCUT2D eigenvalue weighted by atomic mass is 9.75. The summed E-state index contributed by atoms with van der Waals surface area (Å²) in [5, 5.41) is 5.75. The SMILES string of the molecule is CC(C)(C)C12NC(C)(C)C(C)(C)N1OC(c1ccccc1)=C2C=O. The molecule has 2 aliphatic heterocycles. The molecule has 0 bridgehead atoms. The molecule has 1 fully saturated rings. The number of rotatable bonds is 2. The molecule has 0 saturated carbocycles. The Morgan fingerprint density at radius 2 is 1.67 bits per heavy atom. The highest BCUT2D eigenvalue weighted by Crippen LogP contribution is 2.57. The maximum atomic E-state index is 12.2. The third-order valence-electron chi connectivity index (χ3n) is 5.89. The number of aldehydes is 1. The van der Waals surface area contributed by atoms with Gasteiger partial charge in [0.25, 0.3) is 0 Å². The van der Waals surface area contributed by atoms with Gasteiger partial charge in [-0.15, -0.1) is 5.06 Å². The van der Waals surface area contributed by atoms with Crippen LogP contribution in [0.25, 0.3) is 5.76 Å². The van der Waals surface area contributed by atoms with Gasteiger partial charge in [0, 0.05) is 16.5 Å². The van der Waals surface area contributed by atoms with Crippen molar-refractivity contribution in [3.63, 3.8) is 0 Å². The molecule has 2 aliphatic rings. The molecule has 3 rings (SSSR count). The first-order valence-corrected chi connectivity index (χ1v) is 8.52. The summed E-state index contributed by atoms with van der Waals surface area (Å²) in [6.07, 6.45) is 0.956. The molecule has 0 radical (unpaired) electrons. The molecule has 1 N–H and O–H groups in total. The second kappa shape index (κ2) is 4.93. The molecule has 1 unspecified atom stereocenters. The minimum Gasteiger partial charge on any atom is -0.402 e. The Morgan fingerprint density at radius 3 is 2.17 bits per heavy atom. The van der Waals surface area contributed by atoms with Crippen LogP contribution in [0.2, 0.25) is 0 Å². The average Bonchev–Trinajstić information content (AvgIpc) is 2.89. The van der Waals surface area contributed by atoms with Gasteiger partial charge in [0.15, 0.2) is 12.0 Å². The van der Waals surface area contributed by atoms with Crippen molar-refractivity contribution >= 4 is 12.0 Å². The van der Waals surface area contributed by atoms with E-state index in [9.17, 15) is 4.79 Å². The molecule has 0 aliphatic carbocycles. The van der Waals surface area contributed by atoms with Crippen molar-refractivity contribution < 1.29 is 9.63 Å². The van der Waals surface area contributed by atoms with E-state index in [0.29, 0.717) is 11.3 Å². The fourth-order valence-corrected chi connectivity index (χ4v) is 3.83. The number of carbonyl (C=O) groups excluding carboxylic acids is 1. The van der Waals surface area contributed by atoms with E-state index < -0.39 is 5.66 Å². The van der Waals surface area contributed by atoms with Crippen molar-refractivity contribution in [2.24, 2.45) is 5.41 Å². The van der Waals surface area contributed by atoms with Crippen LogP contribution in [0.15, 0.2) is 35.9 Å². The van der Waals surface area contributed by atoms with Crippen molar-refractivity contribution in [3.8, 4) is 0 Å². The van der Waals surface area contributed by atoms with Gasteiger partial charge < -0.3 is 4.84 Å². The van der Waals surface area contributed by atoms with E-state index in [4.69, 9.17) is 4.84 Å². The Bertz CT molecular complexity index is 698. The normalized spacial score (nSPS) is 28.6. The number of hydrogen-bond acceptors (Lipinski definition) is 4. The van der Waals surface area contributed by atoms with E-state index in [1.54, 1.807) is 0 Å². The fourth-order valence-electron chi connectivity index (χ4n) is 3.83. The molecule has 0 aromatic heterocycles. The number of hydrogen-bond donors (Lipinski definition) is 1. The minimum atomic E-state index is -0.674. The standard InChI is InChI=1S/C20H28N2O2/c1-17(2,3)20-15(13-23)16(14-11-9-8-10-12-14)24-22(20)19(6,7)18(4,5)21-20/h8-13,21H,1-7H3. The van der Waals surface area contributed by atoms with Crippen LogP contribution in [0.1, 0.15) is 54.0 Å². The smallest absolute Gasteiger partial charge is 0.164 e. The maximum absolute atomic E-state index is 12.2. The number of carbonyl (C=O) groups is 1. The topological polar surface area (TPSA) is 41.6 Å². The number of fused-ring (bicyclic) bond motifs is 1. The molecule has 1 aromatic rings. The molecular formula is C20H28N2O2. The molecule has 4 heteroatoms. The van der Waals surface area contributed by atoms with Crippen LogP contribution in [-0.2, 0) is 9.63 Å². The monoisotopic (exact) mass is 328 g/mol. The van der Waals surface area contributed by atoms with Crippen molar-refractivity contribution in [3.05, 3.63) is 41.5 Å². The van der Waals surface area contributed by atoms with Crippen LogP contribution in [0, 0.1) is 5.41 Å². The van der Waals surface area contributed by atoms with E-state index >= 15 is 0 Å². The highest BCUT2D eigenvalue weighted by atomic mass is 16.7. The molecule has 1 saturated heterocycles. The minimum absolute atomic E-state index is 0.225. The molecule has 1 atom stereocenters. The van der Waals surface area contributed by atoms with Gasteiger partial charge in [-0.1, -0.05) is 51.1 Å². The Morgan fingerprint density at radius 1 is 1.08 bits per heavy atom. The lowest BCUT2D eigenvalue weighted by molar-refractivity contribution is -0.198. The Labute approximate surface area is 144 Å². The van der Waals surface area contributed by atoms with Crippen LogP contribution in [0.5, 0.6) is 0 Å². The van der Waals surface area contributed by atoms with Crippen molar-refractivity contribution in [1.29, 1.82) is 0 Å². The van der Waals surface area contributed by atoms with E-state index in [1.165, 1.54) is 0 Å². The van der Waals surface area contributed by atoms with Gasteiger partial charge in [-0.05, 0) is 27.7 Å². The number of benzene rings is 1. The van der Waals surface area contributed by atoms with Gasteiger partial charge in [-0.2, -0.15) is 0 Å². The van der Waals surface area contributed by atoms with E-state index in [2.05, 4.69) is 53.8 Å². The summed E-state index contributed by atoms with van der Waals surface area (Å²) in [6, 6.07) is 9.85. The third-order valence-corrected chi connectivity index (χ3v) is 5.89. The van der Waals surface area contributed by atoms with Crippen LogP contribution in [-0.4, -0.2) is 28.1 Å². The largest absolute Gasteiger partial charge is 0.402 e. The summed E-state index contributed by atoms with van der Waals surface area (Å²) in [5.74, 6) is 0.650. The van der Waals surface area contributed by atoms with Gasteiger partial charge >= 0.3 is 0 Å². The molecule has 2 heterocycles. The van der Waals surface area contributed by atoms with Gasteiger partial charge in [-0.3, -0.25) is 10.1 Å². The van der Waals surface area contributed by atoms with Crippen LogP contribution in [0.4, 0.5) is 0 Å². The molecule has 130 valence electrons. The van der Waals surface area contributed by atoms with Gasteiger partial charge in [0.05, 0.1) is 11.1 Å². The van der Waals surface area contributed by atoms with Crippen molar-refractivity contribution in [2.75, 3.05) is 0 Å². The Hall–Kier alpha value is -1.65. The summed E-state index contributed by atoms with van der Waals surface area (Å²) in [7, 11) is 0. The second-order valence-electron chi connectivity index (χ2n) is 8.88. The van der Waals surface area contributed by atoms with E-state index in [0.717, 1.165) is 11.8 Å². The Balaban J connectivity index is 2.28. The maximum Gasteiger partial charge on any atom is 0.164 e. The van der Waals surface area contributed by atoms with Crippen molar-refractivity contribution in [1.82, 2.24) is 10.4 Å². The summed E-state index contributed by atoms with van der Waals surface area (Å²) < 4.78 is 0. The van der Waals surface area contributed by atoms with E-state index in [1.807, 2.05) is 35.4 Å². The number of hydroxylamine groups is 2. The van der Waals surface area contributed by atoms with E-state index in [-0.39, 0.29) is 16.5 Å². The summed E-state index contributed by atoms with van der Waals surface area (Å²) in [5.41, 5.74) is 0.146. The average molecular weight is 328 g/mol. The highest BCUT2D eigenvalue weighted by Gasteiger charge is 2.70. The number of nitrogens with one attached hydrogen (secondary N) is 1. The first-order chi connectivity index (χ1) is 11.0. The molecule has 4 nitrogen and oxygen atoms in total. The van der Waals surface area contributed by atoms with Crippen LogP contribution < -0.4 is 5.32 Å². The molecule has 0 amide bonds. The summed E-state index contributed by atoms with van der Waals surface area (Å²) in [6.45, 7) is 15.1. The zero-order chi connectivity index (χ0) is 18.0.